The van der Waals surface area contributed by atoms with Gasteiger partial charge in [0.15, 0.2) is 11.0 Å². The van der Waals surface area contributed by atoms with Crippen LogP contribution in [0.1, 0.15) is 61.6 Å². The van der Waals surface area contributed by atoms with Gasteiger partial charge in [0.25, 0.3) is 0 Å². The van der Waals surface area contributed by atoms with Crippen LogP contribution in [0.4, 0.5) is 5.13 Å². The largest absolute Gasteiger partial charge is 0.469 e. The van der Waals surface area contributed by atoms with Gasteiger partial charge in [0.05, 0.1) is 30.2 Å². The Labute approximate surface area is 200 Å². The van der Waals surface area contributed by atoms with Crippen molar-refractivity contribution in [2.45, 2.75) is 75.6 Å². The van der Waals surface area contributed by atoms with Gasteiger partial charge in [0.1, 0.15) is 10.8 Å². The molecule has 1 unspecified atom stereocenters. The zero-order valence-electron chi connectivity index (χ0n) is 18.7. The van der Waals surface area contributed by atoms with E-state index in [2.05, 4.69) is 25.7 Å². The zero-order chi connectivity index (χ0) is 22.6. The van der Waals surface area contributed by atoms with Gasteiger partial charge in [-0.2, -0.15) is 0 Å². The molecule has 1 saturated heterocycles. The first kappa shape index (κ1) is 22.5. The maximum absolute atomic E-state index is 12.6. The van der Waals surface area contributed by atoms with Crippen LogP contribution in [-0.2, 0) is 16.1 Å². The fourth-order valence-corrected chi connectivity index (χ4v) is 6.13. The maximum Gasteiger partial charge on any atom is 0.236 e. The van der Waals surface area contributed by atoms with E-state index in [4.69, 9.17) is 9.15 Å². The molecular formula is C22H28N6O3S2. The van der Waals surface area contributed by atoms with Crippen molar-refractivity contribution in [1.82, 2.24) is 25.0 Å². The number of nitrogens with one attached hydrogen (secondary N) is 1. The summed E-state index contributed by atoms with van der Waals surface area (Å²) in [7, 11) is 0. The second kappa shape index (κ2) is 10.4. The van der Waals surface area contributed by atoms with E-state index in [1.807, 2.05) is 17.6 Å². The molecule has 0 spiro atoms. The summed E-state index contributed by atoms with van der Waals surface area (Å²) >= 11 is 2.86. The number of furan rings is 1. The number of hydrogen-bond donors (Lipinski definition) is 1. The third kappa shape index (κ3) is 5.30. The molecule has 9 nitrogen and oxygen atoms in total. The lowest BCUT2D eigenvalue weighted by Gasteiger charge is -2.18. The molecule has 33 heavy (non-hydrogen) atoms. The molecule has 0 radical (unpaired) electrons. The van der Waals surface area contributed by atoms with Crippen molar-refractivity contribution in [3.05, 3.63) is 23.1 Å². The summed E-state index contributed by atoms with van der Waals surface area (Å²) in [6, 6.07) is 1.89. The highest BCUT2D eigenvalue weighted by atomic mass is 32.2. The molecular weight excluding hydrogens is 460 g/mol. The summed E-state index contributed by atoms with van der Waals surface area (Å²) in [5, 5.41) is 22.5. The Kier molecular flexibility index (Phi) is 7.07. The van der Waals surface area contributed by atoms with Crippen LogP contribution in [-0.4, -0.2) is 49.3 Å². The van der Waals surface area contributed by atoms with Gasteiger partial charge in [0, 0.05) is 12.5 Å². The van der Waals surface area contributed by atoms with Crippen LogP contribution in [0.5, 0.6) is 0 Å². The van der Waals surface area contributed by atoms with E-state index in [-0.39, 0.29) is 17.8 Å². The molecule has 1 atom stereocenters. The quantitative estimate of drug-likeness (QED) is 0.456. The third-order valence-electron chi connectivity index (χ3n) is 6.20. The third-order valence-corrected chi connectivity index (χ3v) is 8.17. The second-order valence-corrected chi connectivity index (χ2v) is 10.5. The Bertz CT molecular complexity index is 1080. The van der Waals surface area contributed by atoms with Crippen molar-refractivity contribution in [1.29, 1.82) is 0 Å². The number of hydrogen-bond acceptors (Lipinski definition) is 9. The van der Waals surface area contributed by atoms with Crippen LogP contribution in [0.25, 0.3) is 11.4 Å². The highest BCUT2D eigenvalue weighted by molar-refractivity contribution is 7.99. The lowest BCUT2D eigenvalue weighted by atomic mass is 9.90. The monoisotopic (exact) mass is 488 g/mol. The molecule has 1 aliphatic heterocycles. The summed E-state index contributed by atoms with van der Waals surface area (Å²) < 4.78 is 13.3. The lowest BCUT2D eigenvalue weighted by molar-refractivity contribution is -0.113. The van der Waals surface area contributed by atoms with Crippen LogP contribution in [0.3, 0.4) is 0 Å². The Hall–Kier alpha value is -2.24. The first-order chi connectivity index (χ1) is 16.2. The van der Waals surface area contributed by atoms with Gasteiger partial charge in [-0.3, -0.25) is 14.7 Å². The maximum atomic E-state index is 12.6. The van der Waals surface area contributed by atoms with Gasteiger partial charge >= 0.3 is 0 Å². The second-order valence-electron chi connectivity index (χ2n) is 8.56. The highest BCUT2D eigenvalue weighted by Crippen LogP contribution is 2.35. The minimum absolute atomic E-state index is 0.125. The van der Waals surface area contributed by atoms with Gasteiger partial charge in [-0.05, 0) is 38.7 Å². The molecule has 1 N–H and O–H groups in total. The van der Waals surface area contributed by atoms with Gasteiger partial charge in [-0.25, -0.2) is 0 Å². The molecule has 5 rings (SSSR count). The number of carbonyl (C=O) groups is 1. The van der Waals surface area contributed by atoms with E-state index in [0.717, 1.165) is 54.4 Å². The molecule has 1 saturated carbocycles. The SMILES string of the molecule is Cc1occc1-c1nnc(SCC(=O)Nc2nnc(C3CCCCC3)s2)n1CC1CCCO1. The molecule has 176 valence electrons. The number of nitrogens with zero attached hydrogens (tertiary/aromatic N) is 5. The molecule has 1 aliphatic carbocycles. The first-order valence-corrected chi connectivity index (χ1v) is 13.3. The van der Waals surface area contributed by atoms with Crippen molar-refractivity contribution in [3.63, 3.8) is 0 Å². The van der Waals surface area contributed by atoms with Crippen LogP contribution in [0.15, 0.2) is 21.9 Å². The average molecular weight is 489 g/mol. The van der Waals surface area contributed by atoms with Crippen LogP contribution in [0, 0.1) is 6.92 Å². The number of amides is 1. The Morgan fingerprint density at radius 2 is 2.06 bits per heavy atom. The fourth-order valence-electron chi connectivity index (χ4n) is 4.45. The summed E-state index contributed by atoms with van der Waals surface area (Å²) in [6.07, 6.45) is 9.96. The first-order valence-electron chi connectivity index (χ1n) is 11.5. The molecule has 3 aromatic rings. The molecule has 1 amide bonds. The number of carbonyl (C=O) groups excluding carboxylic acids is 1. The molecule has 4 heterocycles. The molecule has 2 fully saturated rings. The number of ether oxygens (including phenoxy) is 1. The molecule has 0 bridgehead atoms. The van der Waals surface area contributed by atoms with Crippen molar-refractivity contribution in [3.8, 4) is 11.4 Å². The summed E-state index contributed by atoms with van der Waals surface area (Å²) in [5.41, 5.74) is 0.904. The van der Waals surface area contributed by atoms with Gasteiger partial charge in [-0.15, -0.1) is 20.4 Å². The number of anilines is 1. The molecule has 2 aliphatic rings. The number of aryl methyl sites for hydroxylation is 1. The van der Waals surface area contributed by atoms with E-state index in [1.165, 1.54) is 42.4 Å². The van der Waals surface area contributed by atoms with Crippen molar-refractivity contribution in [2.75, 3.05) is 17.7 Å². The Morgan fingerprint density at radius 1 is 1.18 bits per heavy atom. The van der Waals surface area contributed by atoms with E-state index in [9.17, 15) is 4.79 Å². The van der Waals surface area contributed by atoms with Crippen molar-refractivity contribution in [2.24, 2.45) is 0 Å². The molecule has 0 aromatic carbocycles. The van der Waals surface area contributed by atoms with E-state index < -0.39 is 0 Å². The topological polar surface area (TPSA) is 108 Å². The lowest BCUT2D eigenvalue weighted by Crippen LogP contribution is -2.18. The molecule has 11 heteroatoms. The van der Waals surface area contributed by atoms with E-state index in [1.54, 1.807) is 6.26 Å². The normalized spacial score (nSPS) is 19.2. The summed E-state index contributed by atoms with van der Waals surface area (Å²) in [6.45, 7) is 3.34. The van der Waals surface area contributed by atoms with Gasteiger partial charge in [0.2, 0.25) is 11.0 Å². The highest BCUT2D eigenvalue weighted by Gasteiger charge is 2.24. The predicted molar refractivity (Wildman–Crippen MR) is 127 cm³/mol. The van der Waals surface area contributed by atoms with Crippen LogP contribution < -0.4 is 5.32 Å². The van der Waals surface area contributed by atoms with E-state index in [0.29, 0.717) is 22.8 Å². The van der Waals surface area contributed by atoms with Crippen LogP contribution >= 0.6 is 23.1 Å². The number of aromatic nitrogens is 5. The molecule has 3 aromatic heterocycles. The van der Waals surface area contributed by atoms with Gasteiger partial charge < -0.3 is 9.15 Å². The predicted octanol–water partition coefficient (Wildman–Crippen LogP) is 4.66. The summed E-state index contributed by atoms with van der Waals surface area (Å²) in [4.78, 5) is 12.6. The fraction of sp³-hybridized carbons (Fsp3) is 0.591. The standard InChI is InChI=1S/C22H28N6O3S2/c1-14-17(9-11-30-14)19-24-27-22(28(19)12-16-8-5-10-31-16)32-13-18(29)23-21-26-25-20(33-21)15-6-3-2-4-7-15/h9,11,15-16H,2-8,10,12-13H2,1H3,(H,23,26,29). The van der Waals surface area contributed by atoms with E-state index >= 15 is 0 Å². The Morgan fingerprint density at radius 3 is 2.82 bits per heavy atom. The van der Waals surface area contributed by atoms with Crippen molar-refractivity contribution >= 4 is 34.1 Å². The Balaban J connectivity index is 1.24. The van der Waals surface area contributed by atoms with Crippen LogP contribution in [0.2, 0.25) is 0 Å². The smallest absolute Gasteiger partial charge is 0.236 e. The number of rotatable bonds is 8. The number of thioether (sulfide) groups is 1. The zero-order valence-corrected chi connectivity index (χ0v) is 20.3. The van der Waals surface area contributed by atoms with Gasteiger partial charge in [-0.1, -0.05) is 42.4 Å². The minimum atomic E-state index is -0.126. The summed E-state index contributed by atoms with van der Waals surface area (Å²) in [5.74, 6) is 2.10. The average Bonchev–Trinajstić information content (AvgIpc) is 3.62. The van der Waals surface area contributed by atoms with Crippen molar-refractivity contribution < 1.29 is 13.9 Å². The minimum Gasteiger partial charge on any atom is -0.469 e.